The van der Waals surface area contributed by atoms with Crippen molar-refractivity contribution in [3.8, 4) is 0 Å². The first-order valence-corrected chi connectivity index (χ1v) is 9.53. The van der Waals surface area contributed by atoms with E-state index in [-0.39, 0.29) is 32.3 Å². The number of amides is 2. The van der Waals surface area contributed by atoms with Crippen LogP contribution in [-0.4, -0.2) is 68.4 Å². The highest BCUT2D eigenvalue weighted by molar-refractivity contribution is 5.86. The van der Waals surface area contributed by atoms with Gasteiger partial charge >= 0.3 is 24.0 Å². The number of hydrogen-bond acceptors (Lipinski definition) is 9. The minimum absolute atomic E-state index is 0.0114. The molecule has 0 aromatic heterocycles. The fourth-order valence-corrected chi connectivity index (χ4v) is 2.24. The summed E-state index contributed by atoms with van der Waals surface area (Å²) in [5.41, 5.74) is -0.770. The highest BCUT2D eigenvalue weighted by Gasteiger charge is 2.27. The van der Waals surface area contributed by atoms with Crippen molar-refractivity contribution in [2.45, 2.75) is 71.1 Å². The molecule has 0 bridgehead atoms. The van der Waals surface area contributed by atoms with E-state index in [1.54, 1.807) is 27.7 Å². The quantitative estimate of drug-likeness (QED) is 0.358. The molecule has 172 valence electrons. The molecule has 2 amide bonds. The van der Waals surface area contributed by atoms with Crippen molar-refractivity contribution in [3.63, 3.8) is 0 Å². The Hall–Kier alpha value is -2.85. The van der Waals surface area contributed by atoms with Crippen LogP contribution in [0.25, 0.3) is 0 Å². The predicted molar refractivity (Wildman–Crippen MR) is 104 cm³/mol. The average molecular weight is 432 g/mol. The first kappa shape index (κ1) is 27.1. The lowest BCUT2D eigenvalue weighted by atomic mass is 10.1. The van der Waals surface area contributed by atoms with E-state index in [0.717, 1.165) is 7.11 Å². The van der Waals surface area contributed by atoms with Gasteiger partial charge in [0.15, 0.2) is 0 Å². The SMILES string of the molecule is CCOC(=O)[C@H](CCC(=O)N[C@@H](CCC(=O)OC)C(=O)OC)NC(=O)OC(C)(C)C. The molecule has 0 aromatic carbocycles. The molecule has 0 aliphatic carbocycles. The zero-order valence-corrected chi connectivity index (χ0v) is 18.4. The summed E-state index contributed by atoms with van der Waals surface area (Å²) < 4.78 is 19.2. The third kappa shape index (κ3) is 11.9. The molecule has 0 heterocycles. The first-order chi connectivity index (χ1) is 13.9. The number of ether oxygens (including phenoxy) is 4. The molecule has 0 aromatic rings. The van der Waals surface area contributed by atoms with Crippen LogP contribution in [0.3, 0.4) is 0 Å². The second-order valence-electron chi connectivity index (χ2n) is 7.25. The van der Waals surface area contributed by atoms with E-state index in [4.69, 9.17) is 9.47 Å². The second kappa shape index (κ2) is 13.4. The number of esters is 3. The number of methoxy groups -OCH3 is 2. The number of rotatable bonds is 11. The van der Waals surface area contributed by atoms with Crippen LogP contribution < -0.4 is 10.6 Å². The summed E-state index contributed by atoms with van der Waals surface area (Å²) in [6.45, 7) is 6.70. The Morgan fingerprint density at radius 3 is 1.90 bits per heavy atom. The summed E-state index contributed by atoms with van der Waals surface area (Å²) in [6.07, 6.45) is -1.23. The third-order valence-electron chi connectivity index (χ3n) is 3.61. The van der Waals surface area contributed by atoms with Crippen LogP contribution in [0.1, 0.15) is 53.4 Å². The topological polar surface area (TPSA) is 146 Å². The van der Waals surface area contributed by atoms with Crippen molar-refractivity contribution in [2.24, 2.45) is 0 Å². The fraction of sp³-hybridized carbons (Fsp3) is 0.737. The molecule has 0 rings (SSSR count). The van der Waals surface area contributed by atoms with Gasteiger partial charge in [0.1, 0.15) is 17.7 Å². The standard InChI is InChI=1S/C19H32N2O9/c1-7-29-17(25)13(21-18(26)30-19(2,3)4)8-10-14(22)20-12(16(24)28-6)9-11-15(23)27-5/h12-13H,7-11H2,1-6H3,(H,20,22)(H,21,26)/t12-,13-/m0/s1. The third-order valence-corrected chi connectivity index (χ3v) is 3.61. The van der Waals surface area contributed by atoms with Gasteiger partial charge in [-0.1, -0.05) is 0 Å². The van der Waals surface area contributed by atoms with Crippen LogP contribution in [-0.2, 0) is 38.1 Å². The Morgan fingerprint density at radius 1 is 0.833 bits per heavy atom. The molecule has 0 fully saturated rings. The van der Waals surface area contributed by atoms with Gasteiger partial charge in [-0.15, -0.1) is 0 Å². The first-order valence-electron chi connectivity index (χ1n) is 9.53. The second-order valence-corrected chi connectivity index (χ2v) is 7.25. The summed E-state index contributed by atoms with van der Waals surface area (Å²) in [5, 5.41) is 4.83. The minimum atomic E-state index is -1.11. The molecule has 0 spiro atoms. The Kier molecular flexibility index (Phi) is 12.1. The molecule has 30 heavy (non-hydrogen) atoms. The molecule has 11 nitrogen and oxygen atoms in total. The van der Waals surface area contributed by atoms with Crippen molar-refractivity contribution < 1.29 is 42.9 Å². The van der Waals surface area contributed by atoms with Gasteiger partial charge in [0.05, 0.1) is 20.8 Å². The number of alkyl carbamates (subject to hydrolysis) is 1. The molecule has 0 aliphatic heterocycles. The maximum Gasteiger partial charge on any atom is 0.408 e. The van der Waals surface area contributed by atoms with Gasteiger partial charge in [-0.3, -0.25) is 9.59 Å². The molecule has 0 saturated heterocycles. The maximum atomic E-state index is 12.3. The lowest BCUT2D eigenvalue weighted by Gasteiger charge is -2.23. The van der Waals surface area contributed by atoms with E-state index in [1.165, 1.54) is 7.11 Å². The number of nitrogens with one attached hydrogen (secondary N) is 2. The summed E-state index contributed by atoms with van der Waals surface area (Å²) in [7, 11) is 2.36. The van der Waals surface area contributed by atoms with Gasteiger partial charge in [-0.25, -0.2) is 14.4 Å². The van der Waals surface area contributed by atoms with Crippen molar-refractivity contribution in [3.05, 3.63) is 0 Å². The minimum Gasteiger partial charge on any atom is -0.469 e. The Bertz CT molecular complexity index is 614. The molecule has 0 radical (unpaired) electrons. The predicted octanol–water partition coefficient (Wildman–Crippen LogP) is 0.834. The van der Waals surface area contributed by atoms with Gasteiger partial charge in [0, 0.05) is 12.8 Å². The lowest BCUT2D eigenvalue weighted by molar-refractivity contribution is -0.148. The van der Waals surface area contributed by atoms with Gasteiger partial charge in [0.25, 0.3) is 0 Å². The molecule has 2 N–H and O–H groups in total. The van der Waals surface area contributed by atoms with E-state index in [1.807, 2.05) is 0 Å². The average Bonchev–Trinajstić information content (AvgIpc) is 2.65. The molecular weight excluding hydrogens is 400 g/mol. The summed E-state index contributed by atoms with van der Waals surface area (Å²) >= 11 is 0. The molecule has 2 atom stereocenters. The summed E-state index contributed by atoms with van der Waals surface area (Å²) in [4.78, 5) is 59.4. The van der Waals surface area contributed by atoms with Crippen molar-refractivity contribution in [2.75, 3.05) is 20.8 Å². The van der Waals surface area contributed by atoms with Crippen LogP contribution in [0.4, 0.5) is 4.79 Å². The van der Waals surface area contributed by atoms with Crippen LogP contribution >= 0.6 is 0 Å². The van der Waals surface area contributed by atoms with Gasteiger partial charge in [0.2, 0.25) is 5.91 Å². The number of hydrogen-bond donors (Lipinski definition) is 2. The largest absolute Gasteiger partial charge is 0.469 e. The number of carbonyl (C=O) groups excluding carboxylic acids is 5. The smallest absolute Gasteiger partial charge is 0.408 e. The highest BCUT2D eigenvalue weighted by Crippen LogP contribution is 2.09. The zero-order chi connectivity index (χ0) is 23.3. The van der Waals surface area contributed by atoms with Crippen molar-refractivity contribution in [1.82, 2.24) is 10.6 Å². The van der Waals surface area contributed by atoms with Crippen LogP contribution in [0.5, 0.6) is 0 Å². The molecular formula is C19H32N2O9. The Balaban J connectivity index is 4.93. The summed E-state index contributed by atoms with van der Waals surface area (Å²) in [5.74, 6) is -2.55. The van der Waals surface area contributed by atoms with Gasteiger partial charge < -0.3 is 29.6 Å². The molecule has 0 saturated carbocycles. The van der Waals surface area contributed by atoms with Gasteiger partial charge in [-0.2, -0.15) is 0 Å². The molecule has 0 aliphatic rings. The van der Waals surface area contributed by atoms with Crippen molar-refractivity contribution >= 4 is 29.9 Å². The van der Waals surface area contributed by atoms with E-state index in [0.29, 0.717) is 0 Å². The van der Waals surface area contributed by atoms with Crippen LogP contribution in [0.2, 0.25) is 0 Å². The van der Waals surface area contributed by atoms with Crippen molar-refractivity contribution in [1.29, 1.82) is 0 Å². The van der Waals surface area contributed by atoms with Crippen LogP contribution in [0.15, 0.2) is 0 Å². The van der Waals surface area contributed by atoms with Gasteiger partial charge in [-0.05, 0) is 40.5 Å². The van der Waals surface area contributed by atoms with E-state index in [2.05, 4.69) is 20.1 Å². The fourth-order valence-electron chi connectivity index (χ4n) is 2.24. The van der Waals surface area contributed by atoms with E-state index >= 15 is 0 Å². The monoisotopic (exact) mass is 432 g/mol. The Labute approximate surface area is 176 Å². The molecule has 11 heteroatoms. The Morgan fingerprint density at radius 2 is 1.40 bits per heavy atom. The number of carbonyl (C=O) groups is 5. The van der Waals surface area contributed by atoms with Crippen LogP contribution in [0, 0.1) is 0 Å². The van der Waals surface area contributed by atoms with E-state index < -0.39 is 47.6 Å². The highest BCUT2D eigenvalue weighted by atomic mass is 16.6. The normalized spacial score (nSPS) is 12.7. The van der Waals surface area contributed by atoms with E-state index in [9.17, 15) is 24.0 Å². The maximum absolute atomic E-state index is 12.3. The summed E-state index contributed by atoms with van der Waals surface area (Å²) in [6, 6.07) is -2.17. The zero-order valence-electron chi connectivity index (χ0n) is 18.4. The molecule has 0 unspecified atom stereocenters. The lowest BCUT2D eigenvalue weighted by Crippen LogP contribution is -2.46.